The van der Waals surface area contributed by atoms with E-state index in [9.17, 15) is 9.18 Å². The molecule has 6 rings (SSSR count). The minimum Gasteiger partial charge on any atom is -0.367 e. The number of aromatic amines is 1. The molecule has 4 aromatic rings. The molecule has 0 spiro atoms. The molecular weight excluding hydrogens is 515 g/mol. The molecule has 1 aromatic carbocycles. The van der Waals surface area contributed by atoms with Gasteiger partial charge in [0.25, 0.3) is 5.56 Å². The molecular formula is C28H31FN8OS. The van der Waals surface area contributed by atoms with Crippen molar-refractivity contribution in [3.8, 4) is 21.8 Å². The van der Waals surface area contributed by atoms with Crippen molar-refractivity contribution in [3.63, 3.8) is 0 Å². The zero-order valence-corrected chi connectivity index (χ0v) is 22.4. The van der Waals surface area contributed by atoms with Gasteiger partial charge < -0.3 is 20.4 Å². The van der Waals surface area contributed by atoms with E-state index in [-0.39, 0.29) is 11.4 Å². The normalized spacial score (nSPS) is 17.9. The van der Waals surface area contributed by atoms with Crippen LogP contribution in [0, 0.1) is 5.82 Å². The average Bonchev–Trinajstić information content (AvgIpc) is 3.47. The highest BCUT2D eigenvalue weighted by molar-refractivity contribution is 7.13. The third kappa shape index (κ3) is 5.85. The van der Waals surface area contributed by atoms with Crippen molar-refractivity contribution in [2.24, 2.45) is 0 Å². The van der Waals surface area contributed by atoms with Crippen molar-refractivity contribution in [2.45, 2.75) is 25.4 Å². The molecule has 0 unspecified atom stereocenters. The molecule has 2 saturated heterocycles. The first kappa shape index (κ1) is 25.6. The molecule has 0 saturated carbocycles. The molecule has 2 aliphatic heterocycles. The highest BCUT2D eigenvalue weighted by atomic mass is 32.1. The Hall–Kier alpha value is -3.67. The molecule has 9 nitrogen and oxygen atoms in total. The van der Waals surface area contributed by atoms with E-state index in [4.69, 9.17) is 9.97 Å². The number of thiazole rings is 1. The summed E-state index contributed by atoms with van der Waals surface area (Å²) in [6, 6.07) is 10.6. The van der Waals surface area contributed by atoms with Gasteiger partial charge in [-0.2, -0.15) is 0 Å². The summed E-state index contributed by atoms with van der Waals surface area (Å²) >= 11 is 1.40. The lowest BCUT2D eigenvalue weighted by Crippen LogP contribution is -2.47. The van der Waals surface area contributed by atoms with Gasteiger partial charge in [-0.05, 0) is 55.8 Å². The Morgan fingerprint density at radius 2 is 1.90 bits per heavy atom. The molecule has 3 N–H and O–H groups in total. The summed E-state index contributed by atoms with van der Waals surface area (Å²) < 4.78 is 13.4. The number of nitrogens with one attached hydrogen (secondary N) is 3. The molecule has 5 heterocycles. The third-order valence-corrected chi connectivity index (χ3v) is 8.14. The number of piperazine rings is 1. The number of aromatic nitrogens is 4. The summed E-state index contributed by atoms with van der Waals surface area (Å²) in [7, 11) is 0. The van der Waals surface area contributed by atoms with Crippen LogP contribution in [0.25, 0.3) is 21.8 Å². The van der Waals surface area contributed by atoms with E-state index in [1.54, 1.807) is 18.3 Å². The van der Waals surface area contributed by atoms with Crippen LogP contribution in [0.15, 0.2) is 59.0 Å². The fraction of sp³-hybridized carbons (Fsp3) is 0.357. The Bertz CT molecular complexity index is 1440. The SMILES string of the molecule is O=c1[nH]c(N2CCN(c3cccnc3)CC2)nc(CN[C@@H]2CCCNC2)c1-c1nc(-c2ccc(F)cc2)cs1. The summed E-state index contributed by atoms with van der Waals surface area (Å²) in [5.74, 6) is 0.292. The van der Waals surface area contributed by atoms with E-state index in [0.717, 1.165) is 63.4 Å². The highest BCUT2D eigenvalue weighted by Gasteiger charge is 2.24. The molecule has 0 amide bonds. The predicted octanol–water partition coefficient (Wildman–Crippen LogP) is 3.26. The van der Waals surface area contributed by atoms with Crippen LogP contribution >= 0.6 is 11.3 Å². The lowest BCUT2D eigenvalue weighted by atomic mass is 10.1. The minimum absolute atomic E-state index is 0.201. The molecule has 0 aliphatic carbocycles. The lowest BCUT2D eigenvalue weighted by Gasteiger charge is -2.36. The Morgan fingerprint density at radius 3 is 2.64 bits per heavy atom. The molecule has 3 aromatic heterocycles. The van der Waals surface area contributed by atoms with Crippen molar-refractivity contribution in [1.82, 2.24) is 30.6 Å². The van der Waals surface area contributed by atoms with Gasteiger partial charge in [0.15, 0.2) is 0 Å². The van der Waals surface area contributed by atoms with Gasteiger partial charge in [0, 0.05) is 62.5 Å². The van der Waals surface area contributed by atoms with Gasteiger partial charge in [-0.1, -0.05) is 0 Å². The van der Waals surface area contributed by atoms with Gasteiger partial charge in [-0.3, -0.25) is 14.8 Å². The molecule has 1 atom stereocenters. The summed E-state index contributed by atoms with van der Waals surface area (Å²) in [6.45, 7) is 5.50. The molecule has 39 heavy (non-hydrogen) atoms. The van der Waals surface area contributed by atoms with Gasteiger partial charge >= 0.3 is 0 Å². The maximum Gasteiger partial charge on any atom is 0.262 e. The second-order valence-electron chi connectivity index (χ2n) is 9.87. The maximum atomic E-state index is 13.6. The summed E-state index contributed by atoms with van der Waals surface area (Å²) in [6.07, 6.45) is 5.86. The average molecular weight is 547 g/mol. The van der Waals surface area contributed by atoms with Gasteiger partial charge in [-0.15, -0.1) is 11.3 Å². The number of nitrogens with zero attached hydrogens (tertiary/aromatic N) is 5. The number of H-pyrrole nitrogens is 1. The van der Waals surface area contributed by atoms with Gasteiger partial charge in [0.2, 0.25) is 5.95 Å². The van der Waals surface area contributed by atoms with Crippen molar-refractivity contribution in [1.29, 1.82) is 0 Å². The largest absolute Gasteiger partial charge is 0.367 e. The van der Waals surface area contributed by atoms with Crippen molar-refractivity contribution in [3.05, 3.63) is 76.0 Å². The van der Waals surface area contributed by atoms with E-state index < -0.39 is 0 Å². The first-order valence-corrected chi connectivity index (χ1v) is 14.2. The second kappa shape index (κ2) is 11.6. The van der Waals surface area contributed by atoms with Crippen LogP contribution in [-0.4, -0.2) is 65.2 Å². The molecule has 202 valence electrons. The Balaban J connectivity index is 1.27. The van der Waals surface area contributed by atoms with E-state index in [1.165, 1.54) is 23.5 Å². The Kier molecular flexibility index (Phi) is 7.62. The van der Waals surface area contributed by atoms with E-state index in [0.29, 0.717) is 40.5 Å². The minimum atomic E-state index is -0.294. The molecule has 0 radical (unpaired) electrons. The Morgan fingerprint density at radius 1 is 1.08 bits per heavy atom. The topological polar surface area (TPSA) is 102 Å². The second-order valence-corrected chi connectivity index (χ2v) is 10.7. The number of pyridine rings is 1. The number of rotatable bonds is 7. The Labute approximate surface area is 230 Å². The monoisotopic (exact) mass is 546 g/mol. The first-order chi connectivity index (χ1) is 19.1. The maximum absolute atomic E-state index is 13.6. The summed E-state index contributed by atoms with van der Waals surface area (Å²) in [4.78, 5) is 35.0. The summed E-state index contributed by atoms with van der Waals surface area (Å²) in [5, 5.41) is 9.54. The van der Waals surface area contributed by atoms with Crippen LogP contribution in [0.3, 0.4) is 0 Å². The fourth-order valence-corrected chi connectivity index (χ4v) is 6.02. The third-order valence-electron chi connectivity index (χ3n) is 7.29. The van der Waals surface area contributed by atoms with Crippen LogP contribution in [0.2, 0.25) is 0 Å². The molecule has 11 heteroatoms. The predicted molar refractivity (Wildman–Crippen MR) is 153 cm³/mol. The number of piperidine rings is 1. The molecule has 0 bridgehead atoms. The van der Waals surface area contributed by atoms with Crippen molar-refractivity contribution < 1.29 is 4.39 Å². The van der Waals surface area contributed by atoms with Crippen LogP contribution < -0.4 is 26.0 Å². The standard InChI is InChI=1S/C28H31FN8OS/c29-20-7-5-19(6-8-20)24-18-39-27(33-24)25-23(17-32-21-3-1-9-30-15-21)34-28(35-26(25)38)37-13-11-36(12-14-37)22-4-2-10-31-16-22/h2,4-8,10,16,18,21,30,32H,1,3,9,11-15,17H2,(H,34,35,38)/t21-/m1/s1. The van der Waals surface area contributed by atoms with Crippen LogP contribution in [-0.2, 0) is 6.54 Å². The van der Waals surface area contributed by atoms with Crippen LogP contribution in [0.5, 0.6) is 0 Å². The number of benzene rings is 1. The fourth-order valence-electron chi connectivity index (χ4n) is 5.13. The highest BCUT2D eigenvalue weighted by Crippen LogP contribution is 2.29. The summed E-state index contributed by atoms with van der Waals surface area (Å²) in [5.41, 5.74) is 3.59. The van der Waals surface area contributed by atoms with Crippen LogP contribution in [0.4, 0.5) is 16.0 Å². The van der Waals surface area contributed by atoms with Gasteiger partial charge in [-0.25, -0.2) is 14.4 Å². The van der Waals surface area contributed by atoms with E-state index >= 15 is 0 Å². The molecule has 2 aliphatic rings. The van der Waals surface area contributed by atoms with Crippen LogP contribution in [0.1, 0.15) is 18.5 Å². The lowest BCUT2D eigenvalue weighted by molar-refractivity contribution is 0.387. The quantitative estimate of drug-likeness (QED) is 0.325. The number of halogens is 1. The zero-order valence-electron chi connectivity index (χ0n) is 21.6. The van der Waals surface area contributed by atoms with E-state index in [1.807, 2.05) is 17.6 Å². The van der Waals surface area contributed by atoms with Gasteiger partial charge in [0.05, 0.1) is 28.8 Å². The number of hydrogen-bond acceptors (Lipinski definition) is 9. The number of hydrogen-bond donors (Lipinski definition) is 3. The number of anilines is 2. The molecule has 2 fully saturated rings. The smallest absolute Gasteiger partial charge is 0.262 e. The van der Waals surface area contributed by atoms with Gasteiger partial charge in [0.1, 0.15) is 10.8 Å². The van der Waals surface area contributed by atoms with Crippen molar-refractivity contribution >= 4 is 23.0 Å². The first-order valence-electron chi connectivity index (χ1n) is 13.3. The zero-order chi connectivity index (χ0) is 26.6. The van der Waals surface area contributed by atoms with Crippen molar-refractivity contribution in [2.75, 3.05) is 49.1 Å². The van der Waals surface area contributed by atoms with E-state index in [2.05, 4.69) is 36.5 Å².